The Morgan fingerprint density at radius 3 is 2.24 bits per heavy atom. The number of ether oxygens (including phenoxy) is 2. The van der Waals surface area contributed by atoms with Crippen molar-refractivity contribution in [2.24, 2.45) is 5.41 Å². The number of nitrogens with zero attached hydrogens (tertiary/aromatic N) is 2. The maximum absolute atomic E-state index is 12.9. The summed E-state index contributed by atoms with van der Waals surface area (Å²) < 4.78 is 11.1. The summed E-state index contributed by atoms with van der Waals surface area (Å²) in [4.78, 5) is 28.9. The van der Waals surface area contributed by atoms with Crippen molar-refractivity contribution in [2.45, 2.75) is 80.0 Å². The zero-order valence-corrected chi connectivity index (χ0v) is 19.2. The lowest BCUT2D eigenvalue weighted by Gasteiger charge is -2.37. The molecule has 29 heavy (non-hydrogen) atoms. The normalized spacial score (nSPS) is 18.0. The number of rotatable bonds is 2. The molecule has 0 radical (unpaired) electrons. The molecular formula is C23H36N2O4. The van der Waals surface area contributed by atoms with Gasteiger partial charge < -0.3 is 14.4 Å². The van der Waals surface area contributed by atoms with Crippen molar-refractivity contribution < 1.29 is 19.1 Å². The van der Waals surface area contributed by atoms with Gasteiger partial charge in [-0.15, -0.1) is 0 Å². The van der Waals surface area contributed by atoms with Crippen LogP contribution in [0.1, 0.15) is 72.4 Å². The SMILES string of the molecule is CC.COc1cc2c(cc1N1CCCC(C)(C)C1=O)CN(C(=O)OC(C)(C)C)C2. The second kappa shape index (κ2) is 8.64. The summed E-state index contributed by atoms with van der Waals surface area (Å²) >= 11 is 0. The predicted octanol–water partition coefficient (Wildman–Crippen LogP) is 5.13. The molecule has 2 heterocycles. The Balaban J connectivity index is 0.00000145. The Bertz CT molecular complexity index is 765. The molecule has 1 aromatic rings. The van der Waals surface area contributed by atoms with Crippen molar-refractivity contribution in [1.29, 1.82) is 0 Å². The van der Waals surface area contributed by atoms with Crippen molar-refractivity contribution in [1.82, 2.24) is 4.90 Å². The molecule has 0 spiro atoms. The minimum atomic E-state index is -0.527. The van der Waals surface area contributed by atoms with Crippen molar-refractivity contribution in [2.75, 3.05) is 18.6 Å². The van der Waals surface area contributed by atoms with E-state index in [0.29, 0.717) is 25.4 Å². The monoisotopic (exact) mass is 404 g/mol. The molecule has 1 aromatic carbocycles. The molecular weight excluding hydrogens is 368 g/mol. The fourth-order valence-electron chi connectivity index (χ4n) is 3.73. The lowest BCUT2D eigenvalue weighted by atomic mass is 9.83. The van der Waals surface area contributed by atoms with Crippen LogP contribution in [-0.4, -0.2) is 36.2 Å². The lowest BCUT2D eigenvalue weighted by Crippen LogP contribution is -2.46. The van der Waals surface area contributed by atoms with Gasteiger partial charge in [0.2, 0.25) is 5.91 Å². The average molecular weight is 405 g/mol. The topological polar surface area (TPSA) is 59.1 Å². The Morgan fingerprint density at radius 1 is 1.10 bits per heavy atom. The van der Waals surface area contributed by atoms with Gasteiger partial charge in [0.15, 0.2) is 0 Å². The molecule has 2 amide bonds. The van der Waals surface area contributed by atoms with Gasteiger partial charge in [-0.2, -0.15) is 0 Å². The van der Waals surface area contributed by atoms with Gasteiger partial charge in [0.05, 0.1) is 12.8 Å². The molecule has 0 aliphatic carbocycles. The maximum Gasteiger partial charge on any atom is 0.410 e. The van der Waals surface area contributed by atoms with Crippen LogP contribution in [0.3, 0.4) is 0 Å². The molecule has 1 saturated heterocycles. The van der Waals surface area contributed by atoms with Crippen molar-refractivity contribution in [3.8, 4) is 5.75 Å². The molecule has 2 aliphatic heterocycles. The zero-order valence-electron chi connectivity index (χ0n) is 19.2. The number of amides is 2. The van der Waals surface area contributed by atoms with Gasteiger partial charge in [0.1, 0.15) is 11.4 Å². The Morgan fingerprint density at radius 2 is 1.69 bits per heavy atom. The number of hydrogen-bond acceptors (Lipinski definition) is 4. The van der Waals surface area contributed by atoms with Crippen molar-refractivity contribution >= 4 is 17.7 Å². The lowest BCUT2D eigenvalue weighted by molar-refractivity contribution is -0.128. The molecule has 0 unspecified atom stereocenters. The van der Waals surface area contributed by atoms with E-state index >= 15 is 0 Å². The number of carbonyl (C=O) groups is 2. The first kappa shape index (κ1) is 23.0. The zero-order chi connectivity index (χ0) is 22.0. The highest BCUT2D eigenvalue weighted by molar-refractivity contribution is 5.99. The summed E-state index contributed by atoms with van der Waals surface area (Å²) in [5.74, 6) is 0.792. The van der Waals surface area contributed by atoms with Crippen LogP contribution in [0.5, 0.6) is 5.75 Å². The molecule has 0 aromatic heterocycles. The fraction of sp³-hybridized carbons (Fsp3) is 0.652. The van der Waals surface area contributed by atoms with Crippen molar-refractivity contribution in [3.63, 3.8) is 0 Å². The van der Waals surface area contributed by atoms with Gasteiger partial charge in [-0.1, -0.05) is 27.7 Å². The smallest absolute Gasteiger partial charge is 0.410 e. The van der Waals surface area contributed by atoms with Gasteiger partial charge in [-0.25, -0.2) is 4.79 Å². The number of hydrogen-bond donors (Lipinski definition) is 0. The van der Waals surface area contributed by atoms with E-state index in [1.54, 1.807) is 12.0 Å². The maximum atomic E-state index is 12.9. The average Bonchev–Trinajstić information content (AvgIpc) is 3.06. The molecule has 0 atom stereocenters. The van der Waals surface area contributed by atoms with Crippen LogP contribution in [0.4, 0.5) is 10.5 Å². The van der Waals surface area contributed by atoms with E-state index in [1.807, 2.05) is 65.5 Å². The molecule has 0 N–H and O–H groups in total. The molecule has 6 nitrogen and oxygen atoms in total. The fourth-order valence-corrected chi connectivity index (χ4v) is 3.73. The highest BCUT2D eigenvalue weighted by atomic mass is 16.6. The van der Waals surface area contributed by atoms with E-state index in [9.17, 15) is 9.59 Å². The molecule has 1 fully saturated rings. The van der Waals surface area contributed by atoms with E-state index in [2.05, 4.69) is 0 Å². The Hall–Kier alpha value is -2.24. The first-order chi connectivity index (χ1) is 13.5. The summed E-state index contributed by atoms with van der Waals surface area (Å²) in [5.41, 5.74) is 1.96. The molecule has 3 rings (SSSR count). The number of anilines is 1. The van der Waals surface area contributed by atoms with Gasteiger partial charge in [0, 0.05) is 25.0 Å². The van der Waals surface area contributed by atoms with Gasteiger partial charge in [-0.05, 0) is 56.9 Å². The van der Waals surface area contributed by atoms with E-state index in [4.69, 9.17) is 9.47 Å². The minimum absolute atomic E-state index is 0.119. The number of methoxy groups -OCH3 is 1. The Labute approximate surface area is 175 Å². The van der Waals surface area contributed by atoms with Gasteiger partial charge in [0.25, 0.3) is 0 Å². The quantitative estimate of drug-likeness (QED) is 0.686. The molecule has 0 saturated carbocycles. The van der Waals surface area contributed by atoms with Crippen LogP contribution in [-0.2, 0) is 22.6 Å². The van der Waals surface area contributed by atoms with Gasteiger partial charge >= 0.3 is 6.09 Å². The van der Waals surface area contributed by atoms with E-state index in [-0.39, 0.29) is 17.4 Å². The van der Waals surface area contributed by atoms with Crippen LogP contribution in [0, 0.1) is 5.41 Å². The summed E-state index contributed by atoms with van der Waals surface area (Å²) in [7, 11) is 1.62. The second-order valence-corrected chi connectivity index (χ2v) is 9.07. The summed E-state index contributed by atoms with van der Waals surface area (Å²) in [6, 6.07) is 3.95. The summed E-state index contributed by atoms with van der Waals surface area (Å²) in [6.45, 7) is 15.2. The first-order valence-electron chi connectivity index (χ1n) is 10.5. The van der Waals surface area contributed by atoms with Gasteiger partial charge in [-0.3, -0.25) is 9.69 Å². The van der Waals surface area contributed by atoms with Crippen LogP contribution >= 0.6 is 0 Å². The molecule has 162 valence electrons. The largest absolute Gasteiger partial charge is 0.495 e. The second-order valence-electron chi connectivity index (χ2n) is 9.07. The first-order valence-corrected chi connectivity index (χ1v) is 10.5. The number of benzene rings is 1. The van der Waals surface area contributed by atoms with E-state index in [1.165, 1.54) is 0 Å². The molecule has 2 aliphatic rings. The highest BCUT2D eigenvalue weighted by Crippen LogP contribution is 2.40. The standard InChI is InChI=1S/C21H30N2O4.C2H6/c1-20(2,3)27-19(25)22-12-14-10-16(17(26-6)11-15(14)13-22)23-9-7-8-21(4,5)18(23)24;1-2/h10-11H,7-9,12-13H2,1-6H3;1-2H3. The van der Waals surface area contributed by atoms with E-state index in [0.717, 1.165) is 29.7 Å². The molecule has 6 heteroatoms. The van der Waals surface area contributed by atoms with E-state index < -0.39 is 5.60 Å². The van der Waals surface area contributed by atoms with Crippen molar-refractivity contribution in [3.05, 3.63) is 23.3 Å². The summed E-state index contributed by atoms with van der Waals surface area (Å²) in [5, 5.41) is 0. The number of carbonyl (C=O) groups excluding carboxylic acids is 2. The number of piperidine rings is 1. The minimum Gasteiger partial charge on any atom is -0.495 e. The number of fused-ring (bicyclic) bond motifs is 1. The molecule has 0 bridgehead atoms. The van der Waals surface area contributed by atoms with Crippen LogP contribution in [0.15, 0.2) is 12.1 Å². The van der Waals surface area contributed by atoms with Crippen LogP contribution in [0.2, 0.25) is 0 Å². The predicted molar refractivity (Wildman–Crippen MR) is 115 cm³/mol. The summed E-state index contributed by atoms with van der Waals surface area (Å²) in [6.07, 6.45) is 1.53. The van der Waals surface area contributed by atoms with Crippen LogP contribution in [0.25, 0.3) is 0 Å². The third-order valence-electron chi connectivity index (χ3n) is 5.17. The highest BCUT2D eigenvalue weighted by Gasteiger charge is 2.38. The van der Waals surface area contributed by atoms with Crippen LogP contribution < -0.4 is 9.64 Å². The third kappa shape index (κ3) is 5.03. The Kier molecular flexibility index (Phi) is 6.86. The third-order valence-corrected chi connectivity index (χ3v) is 5.17.